The van der Waals surface area contributed by atoms with Crippen LogP contribution in [0.1, 0.15) is 52.9 Å². The second-order valence-corrected chi connectivity index (χ2v) is 11.8. The van der Waals surface area contributed by atoms with Gasteiger partial charge in [0.15, 0.2) is 4.58 Å². The molecule has 6 heteroatoms. The number of benzene rings is 1. The van der Waals surface area contributed by atoms with Crippen LogP contribution in [0, 0.1) is 5.41 Å². The van der Waals surface area contributed by atoms with E-state index in [2.05, 4.69) is 20.8 Å². The van der Waals surface area contributed by atoms with E-state index < -0.39 is 25.4 Å². The van der Waals surface area contributed by atoms with Crippen LogP contribution in [0.2, 0.25) is 0 Å². The van der Waals surface area contributed by atoms with Crippen LogP contribution in [0.4, 0.5) is 0 Å². The Hall–Kier alpha value is -0.720. The molecule has 4 nitrogen and oxygen atoms in total. The molecular weight excluding hydrogens is 342 g/mol. The average molecular weight is 370 g/mol. The Kier molecular flexibility index (Phi) is 4.93. The summed E-state index contributed by atoms with van der Waals surface area (Å²) in [6, 6.07) is 8.87. The van der Waals surface area contributed by atoms with E-state index in [9.17, 15) is 12.6 Å². The van der Waals surface area contributed by atoms with Crippen LogP contribution in [0.25, 0.3) is 0 Å². The molecule has 1 aromatic carbocycles. The minimum Gasteiger partial charge on any atom is -0.253 e. The zero-order chi connectivity index (χ0) is 17.5. The Balaban J connectivity index is 1.95. The van der Waals surface area contributed by atoms with Gasteiger partial charge in [-0.05, 0) is 30.4 Å². The molecule has 134 valence electrons. The summed E-state index contributed by atoms with van der Waals surface area (Å²) in [6.45, 7) is 6.16. The van der Waals surface area contributed by atoms with Gasteiger partial charge in [-0.15, -0.1) is 0 Å². The first-order valence-electron chi connectivity index (χ1n) is 8.72. The van der Waals surface area contributed by atoms with Gasteiger partial charge >= 0.3 is 0 Å². The number of rotatable bonds is 3. The van der Waals surface area contributed by atoms with Crippen LogP contribution in [0.15, 0.2) is 35.2 Å². The highest BCUT2D eigenvalue weighted by Crippen LogP contribution is 2.47. The molecule has 1 saturated heterocycles. The van der Waals surface area contributed by atoms with Crippen LogP contribution >= 0.6 is 0 Å². The van der Waals surface area contributed by atoms with E-state index in [1.807, 2.05) is 18.2 Å². The van der Waals surface area contributed by atoms with Gasteiger partial charge in [-0.3, -0.25) is 4.21 Å². The highest BCUT2D eigenvalue weighted by atomic mass is 32.3. The van der Waals surface area contributed by atoms with Crippen molar-refractivity contribution in [3.05, 3.63) is 30.3 Å². The van der Waals surface area contributed by atoms with Crippen LogP contribution in [-0.2, 0) is 20.8 Å². The number of hydrogen-bond acceptors (Lipinski definition) is 3. The minimum atomic E-state index is -3.51. The summed E-state index contributed by atoms with van der Waals surface area (Å²) < 4.78 is 40.0. The summed E-state index contributed by atoms with van der Waals surface area (Å²) in [5.74, 6) is 0. The molecule has 0 amide bonds. The van der Waals surface area contributed by atoms with E-state index in [4.69, 9.17) is 0 Å². The van der Waals surface area contributed by atoms with E-state index in [1.165, 1.54) is 6.42 Å². The smallest absolute Gasteiger partial charge is 0.231 e. The standard InChI is InChI=1S/C18H27NO3S2/c1-18(2,3)16-17(23(20)15-12-8-5-9-13-15)24(21,22)19(16)14-10-6-4-7-11-14/h5,8-9,12-14,16-17H,4,6-7,10-11H2,1-3H3/t16-,17-,23-/m0/s1. The lowest BCUT2D eigenvalue weighted by Crippen LogP contribution is -2.72. The third kappa shape index (κ3) is 3.08. The first-order chi connectivity index (χ1) is 11.2. The quantitative estimate of drug-likeness (QED) is 0.819. The van der Waals surface area contributed by atoms with Crippen molar-refractivity contribution in [1.29, 1.82) is 0 Å². The first kappa shape index (κ1) is 18.1. The predicted octanol–water partition coefficient (Wildman–Crippen LogP) is 3.51. The van der Waals surface area contributed by atoms with E-state index >= 15 is 0 Å². The van der Waals surface area contributed by atoms with Gasteiger partial charge in [-0.1, -0.05) is 58.2 Å². The van der Waals surface area contributed by atoms with Crippen molar-refractivity contribution < 1.29 is 12.6 Å². The first-order valence-corrected chi connectivity index (χ1v) is 11.4. The Bertz CT molecular complexity index is 704. The van der Waals surface area contributed by atoms with Gasteiger partial charge in [0.25, 0.3) is 0 Å². The van der Waals surface area contributed by atoms with Crippen LogP contribution in [0.3, 0.4) is 0 Å². The summed E-state index contributed by atoms with van der Waals surface area (Å²) in [5.41, 5.74) is -0.238. The third-order valence-electron chi connectivity index (χ3n) is 5.13. The fraction of sp³-hybridized carbons (Fsp3) is 0.667. The van der Waals surface area contributed by atoms with Crippen molar-refractivity contribution in [3.8, 4) is 0 Å². The monoisotopic (exact) mass is 369 g/mol. The third-order valence-corrected chi connectivity index (χ3v) is 9.76. The number of sulfonamides is 1. The molecule has 0 spiro atoms. The van der Waals surface area contributed by atoms with Gasteiger partial charge < -0.3 is 0 Å². The summed E-state index contributed by atoms with van der Waals surface area (Å²) in [4.78, 5) is 0.601. The normalized spacial score (nSPS) is 29.8. The molecule has 0 bridgehead atoms. The van der Waals surface area contributed by atoms with Crippen molar-refractivity contribution in [2.75, 3.05) is 0 Å². The molecule has 1 aliphatic carbocycles. The molecule has 3 rings (SSSR count). The lowest BCUT2D eigenvalue weighted by molar-refractivity contribution is 0.0956. The van der Waals surface area contributed by atoms with Gasteiger partial charge in [-0.2, -0.15) is 4.31 Å². The molecule has 1 aliphatic heterocycles. The predicted molar refractivity (Wildman–Crippen MR) is 97.5 cm³/mol. The molecule has 1 heterocycles. The Labute approximate surface area is 148 Å². The van der Waals surface area contributed by atoms with Crippen molar-refractivity contribution in [2.45, 2.75) is 74.4 Å². The van der Waals surface area contributed by atoms with Crippen molar-refractivity contribution in [1.82, 2.24) is 4.31 Å². The second-order valence-electron chi connectivity index (χ2n) is 7.96. The summed E-state index contributed by atoms with van der Waals surface area (Å²) in [5, 5.41) is 0. The SMILES string of the molecule is CC(C)(C)[C@@H]1[C@@H]([S@@](=O)c2ccccc2)S(=O)(=O)N1C1CCCCC1. The molecule has 1 saturated carbocycles. The van der Waals surface area contributed by atoms with Crippen molar-refractivity contribution in [3.63, 3.8) is 0 Å². The maximum atomic E-state index is 13.1. The topological polar surface area (TPSA) is 54.5 Å². The molecule has 1 aromatic rings. The summed E-state index contributed by atoms with van der Waals surface area (Å²) >= 11 is 0. The van der Waals surface area contributed by atoms with Crippen LogP contribution in [-0.4, -0.2) is 33.6 Å². The van der Waals surface area contributed by atoms with Gasteiger partial charge in [0.1, 0.15) is 0 Å². The molecule has 3 atom stereocenters. The maximum absolute atomic E-state index is 13.1. The number of hydrogen-bond donors (Lipinski definition) is 0. The summed E-state index contributed by atoms with van der Waals surface area (Å²) in [7, 11) is -5.05. The zero-order valence-corrected chi connectivity index (χ0v) is 16.3. The average Bonchev–Trinajstić information content (AvgIpc) is 2.53. The highest BCUT2D eigenvalue weighted by molar-refractivity contribution is 8.06. The van der Waals surface area contributed by atoms with Crippen LogP contribution < -0.4 is 0 Å². The fourth-order valence-electron chi connectivity index (χ4n) is 3.98. The molecule has 24 heavy (non-hydrogen) atoms. The minimum absolute atomic E-state index is 0.0806. The molecule has 2 fully saturated rings. The number of nitrogens with zero attached hydrogens (tertiary/aromatic N) is 1. The van der Waals surface area contributed by atoms with E-state index in [0.717, 1.165) is 25.7 Å². The van der Waals surface area contributed by atoms with E-state index in [1.54, 1.807) is 16.4 Å². The second kappa shape index (κ2) is 6.54. The largest absolute Gasteiger partial charge is 0.253 e. The molecule has 2 aliphatic rings. The molecule has 0 unspecified atom stereocenters. The molecule has 0 radical (unpaired) electrons. The van der Waals surface area contributed by atoms with Crippen LogP contribution in [0.5, 0.6) is 0 Å². The Morgan fingerprint density at radius 1 is 1.04 bits per heavy atom. The Morgan fingerprint density at radius 3 is 2.17 bits per heavy atom. The van der Waals surface area contributed by atoms with E-state index in [0.29, 0.717) is 4.90 Å². The van der Waals surface area contributed by atoms with Crippen molar-refractivity contribution in [2.24, 2.45) is 5.41 Å². The maximum Gasteiger partial charge on any atom is 0.231 e. The van der Waals surface area contributed by atoms with Crippen molar-refractivity contribution >= 4 is 20.8 Å². The van der Waals surface area contributed by atoms with Gasteiger partial charge in [0, 0.05) is 10.9 Å². The molecule has 0 aromatic heterocycles. The molecular formula is C18H27NO3S2. The lowest BCUT2D eigenvalue weighted by Gasteiger charge is -2.55. The van der Waals surface area contributed by atoms with Gasteiger partial charge in [0.2, 0.25) is 10.0 Å². The molecule has 0 N–H and O–H groups in total. The van der Waals surface area contributed by atoms with Gasteiger partial charge in [0.05, 0.1) is 16.8 Å². The zero-order valence-electron chi connectivity index (χ0n) is 14.6. The van der Waals surface area contributed by atoms with E-state index in [-0.39, 0.29) is 17.5 Å². The fourth-order valence-corrected chi connectivity index (χ4v) is 9.33. The lowest BCUT2D eigenvalue weighted by atomic mass is 9.85. The Morgan fingerprint density at radius 2 is 1.62 bits per heavy atom. The van der Waals surface area contributed by atoms with Gasteiger partial charge in [-0.25, -0.2) is 8.42 Å². The summed E-state index contributed by atoms with van der Waals surface area (Å²) in [6.07, 6.45) is 5.21. The highest BCUT2D eigenvalue weighted by Gasteiger charge is 2.62.